The number of nitrogens with zero attached hydrogens (tertiary/aromatic N) is 2. The van der Waals surface area contributed by atoms with Crippen LogP contribution in [-0.4, -0.2) is 53.5 Å². The number of aromatic nitrogens is 1. The van der Waals surface area contributed by atoms with Gasteiger partial charge in [-0.1, -0.05) is 87.8 Å². The molecule has 2 amide bonds. The largest absolute Gasteiger partial charge is 0.445 e. The van der Waals surface area contributed by atoms with Crippen molar-refractivity contribution in [3.63, 3.8) is 0 Å². The number of carbonyl (C=O) groups is 2. The van der Waals surface area contributed by atoms with Crippen molar-refractivity contribution in [3.8, 4) is 11.5 Å². The molecule has 4 rings (SSSR count). The van der Waals surface area contributed by atoms with E-state index in [2.05, 4.69) is 76.8 Å². The Balaban J connectivity index is 0.00000102. The summed E-state index contributed by atoms with van der Waals surface area (Å²) in [6, 6.07) is 13.5. The van der Waals surface area contributed by atoms with Crippen molar-refractivity contribution in [3.05, 3.63) is 113 Å². The summed E-state index contributed by atoms with van der Waals surface area (Å²) in [4.78, 5) is 33.2. The van der Waals surface area contributed by atoms with Gasteiger partial charge in [0, 0.05) is 45.8 Å². The molecule has 1 heterocycles. The summed E-state index contributed by atoms with van der Waals surface area (Å²) in [6.45, 7) is 24.6. The van der Waals surface area contributed by atoms with E-state index in [4.69, 9.17) is 4.42 Å². The number of benzene rings is 2. The van der Waals surface area contributed by atoms with Crippen molar-refractivity contribution in [2.75, 3.05) is 19.6 Å². The minimum atomic E-state index is -1.35. The minimum Gasteiger partial charge on any atom is -0.445 e. The standard InChI is InChI=1S/C33H41BrN4O3.C6H8F2.2C2H6/c1-5-15-38(16-6-2)32(40)26-20-24(19-25(21-26)31-35-14-17-41-31)30(39)37-29(18-23(3)4)10-13-36-33(11-12-33)27-8-7-9-28(34)22-27;1-3-6(8)4-5(2)7;2*1-2/h7-9,14,17,19-22,29,36H,3,5-6,10-13,15-16,18H2,1-2,4H3,(H,37,39);3-4,6H,1H2,2H3;2*1-2H3/b;5-4+;;/t29-;;;/m1.../s1. The SMILES string of the molecule is C=C(C)C[C@@H](CCNC1(c2cccc(Br)c2)CC1)NC(=O)c1cc(C(=O)N(CCC)CCC)cc(-c2ncco2)c1.C=CC(F)/C=C(\C)F.CC.CC. The van der Waals surface area contributed by atoms with Crippen LogP contribution in [0.3, 0.4) is 0 Å². The third kappa shape index (κ3) is 16.3. The van der Waals surface area contributed by atoms with Crippen molar-refractivity contribution in [1.82, 2.24) is 20.5 Å². The third-order valence-corrected chi connectivity index (χ3v) is 8.52. The lowest BCUT2D eigenvalue weighted by molar-refractivity contribution is 0.0755. The zero-order valence-electron chi connectivity index (χ0n) is 33.0. The minimum absolute atomic E-state index is 0.00402. The van der Waals surface area contributed by atoms with Gasteiger partial charge in [0.05, 0.1) is 12.0 Å². The van der Waals surface area contributed by atoms with Crippen molar-refractivity contribution < 1.29 is 22.8 Å². The first-order valence-corrected chi connectivity index (χ1v) is 19.6. The van der Waals surface area contributed by atoms with Gasteiger partial charge >= 0.3 is 0 Å². The van der Waals surface area contributed by atoms with E-state index in [1.54, 1.807) is 24.4 Å². The number of carbonyl (C=O) groups excluding carboxylic acids is 2. The Hall–Kier alpha value is -3.89. The van der Waals surface area contributed by atoms with E-state index in [1.807, 2.05) is 45.6 Å². The zero-order chi connectivity index (χ0) is 40.0. The fraction of sp³-hybridized carbons (Fsp3) is 0.465. The molecule has 0 saturated heterocycles. The van der Waals surface area contributed by atoms with Crippen molar-refractivity contribution in [1.29, 1.82) is 0 Å². The molecule has 53 heavy (non-hydrogen) atoms. The molecule has 2 N–H and O–H groups in total. The summed E-state index contributed by atoms with van der Waals surface area (Å²) in [5.74, 6) is -0.473. The lowest BCUT2D eigenvalue weighted by Crippen LogP contribution is -2.39. The van der Waals surface area contributed by atoms with E-state index >= 15 is 0 Å². The van der Waals surface area contributed by atoms with Gasteiger partial charge in [-0.25, -0.2) is 13.8 Å². The number of rotatable bonds is 17. The van der Waals surface area contributed by atoms with Gasteiger partial charge in [-0.2, -0.15) is 0 Å². The molecule has 10 heteroatoms. The maximum Gasteiger partial charge on any atom is 0.253 e. The van der Waals surface area contributed by atoms with Crippen LogP contribution < -0.4 is 10.6 Å². The van der Waals surface area contributed by atoms with Crippen LogP contribution in [0.15, 0.2) is 101 Å². The number of amides is 2. The lowest BCUT2D eigenvalue weighted by atomic mass is 10.0. The van der Waals surface area contributed by atoms with Crippen molar-refractivity contribution in [2.45, 2.75) is 112 Å². The fourth-order valence-electron chi connectivity index (χ4n) is 5.58. The Morgan fingerprint density at radius 3 is 2.19 bits per heavy atom. The number of oxazole rings is 1. The zero-order valence-corrected chi connectivity index (χ0v) is 34.6. The van der Waals surface area contributed by atoms with Crippen molar-refractivity contribution >= 4 is 27.7 Å². The van der Waals surface area contributed by atoms with Gasteiger partial charge in [0.2, 0.25) is 5.89 Å². The summed E-state index contributed by atoms with van der Waals surface area (Å²) in [7, 11) is 0. The van der Waals surface area contributed by atoms with Crippen LogP contribution in [0.4, 0.5) is 8.78 Å². The molecule has 1 saturated carbocycles. The molecule has 1 aliphatic carbocycles. The van der Waals surface area contributed by atoms with Crippen LogP contribution in [0.1, 0.15) is 120 Å². The molecule has 1 fully saturated rings. The number of hydrogen-bond donors (Lipinski definition) is 2. The normalized spacial score (nSPS) is 13.7. The van der Waals surface area contributed by atoms with Gasteiger partial charge in [-0.3, -0.25) is 9.59 Å². The van der Waals surface area contributed by atoms with Crippen LogP contribution in [0.25, 0.3) is 11.5 Å². The number of nitrogens with one attached hydrogen (secondary N) is 2. The average Bonchev–Trinajstić information content (AvgIpc) is 3.73. The second-order valence-electron chi connectivity index (χ2n) is 12.5. The van der Waals surface area contributed by atoms with Crippen molar-refractivity contribution in [2.24, 2.45) is 0 Å². The molecule has 0 aliphatic heterocycles. The second kappa shape index (κ2) is 25.2. The Morgan fingerprint density at radius 2 is 1.70 bits per heavy atom. The average molecular weight is 800 g/mol. The molecule has 2 aromatic carbocycles. The highest BCUT2D eigenvalue weighted by Gasteiger charge is 2.43. The number of halogens is 3. The smallest absolute Gasteiger partial charge is 0.253 e. The first-order chi connectivity index (χ1) is 25.4. The predicted molar refractivity (Wildman–Crippen MR) is 219 cm³/mol. The maximum absolute atomic E-state index is 13.6. The Bertz CT molecular complexity index is 1580. The van der Waals surface area contributed by atoms with Crippen LogP contribution >= 0.6 is 15.9 Å². The summed E-state index contributed by atoms with van der Waals surface area (Å²) in [5.41, 5.74) is 3.75. The highest BCUT2D eigenvalue weighted by Crippen LogP contribution is 2.46. The molecule has 1 aromatic heterocycles. The molecule has 0 bridgehead atoms. The van der Waals surface area contributed by atoms with Gasteiger partial charge in [-0.05, 0) is 101 Å². The molecule has 292 valence electrons. The summed E-state index contributed by atoms with van der Waals surface area (Å²) in [6.07, 6.45) is 8.91. The number of allylic oxidation sites excluding steroid dienone is 3. The Morgan fingerprint density at radius 1 is 1.06 bits per heavy atom. The molecule has 1 unspecified atom stereocenters. The highest BCUT2D eigenvalue weighted by molar-refractivity contribution is 9.10. The number of alkyl halides is 1. The summed E-state index contributed by atoms with van der Waals surface area (Å²) >= 11 is 3.59. The monoisotopic (exact) mass is 798 g/mol. The quantitative estimate of drug-likeness (QED) is 0.133. The molecule has 7 nitrogen and oxygen atoms in total. The first-order valence-electron chi connectivity index (χ1n) is 18.8. The fourth-order valence-corrected chi connectivity index (χ4v) is 5.97. The topological polar surface area (TPSA) is 87.5 Å². The summed E-state index contributed by atoms with van der Waals surface area (Å²) in [5, 5.41) is 6.96. The molecule has 3 aromatic rings. The number of hydrogen-bond acceptors (Lipinski definition) is 5. The van der Waals surface area contributed by atoms with E-state index < -0.39 is 12.0 Å². The van der Waals surface area contributed by atoms with Crippen LogP contribution in [0.5, 0.6) is 0 Å². The Labute approximate surface area is 325 Å². The van der Waals surface area contributed by atoms with Crippen LogP contribution in [-0.2, 0) is 5.54 Å². The van der Waals surface area contributed by atoms with E-state index in [0.717, 1.165) is 60.8 Å². The molecular weight excluding hydrogens is 738 g/mol. The lowest BCUT2D eigenvalue weighted by Gasteiger charge is -2.24. The van der Waals surface area contributed by atoms with Gasteiger partial charge in [-0.15, -0.1) is 6.58 Å². The van der Waals surface area contributed by atoms with Gasteiger partial charge in [0.15, 0.2) is 0 Å². The third-order valence-electron chi connectivity index (χ3n) is 8.02. The van der Waals surface area contributed by atoms with Crippen LogP contribution in [0.2, 0.25) is 0 Å². The molecular formula is C43H61BrF2N4O3. The van der Waals surface area contributed by atoms with E-state index in [9.17, 15) is 18.4 Å². The predicted octanol–water partition coefficient (Wildman–Crippen LogP) is 11.5. The molecule has 0 spiro atoms. The molecule has 2 atom stereocenters. The van der Waals surface area contributed by atoms with E-state index in [1.165, 1.54) is 18.8 Å². The van der Waals surface area contributed by atoms with E-state index in [0.29, 0.717) is 42.1 Å². The maximum atomic E-state index is 13.6. The molecule has 1 aliphatic rings. The first kappa shape index (κ1) is 47.1. The second-order valence-corrected chi connectivity index (χ2v) is 13.4. The van der Waals surface area contributed by atoms with E-state index in [-0.39, 0.29) is 23.4 Å². The Kier molecular flexibility index (Phi) is 22.4. The summed E-state index contributed by atoms with van der Waals surface area (Å²) < 4.78 is 30.3. The van der Waals surface area contributed by atoms with Gasteiger partial charge in [0.25, 0.3) is 11.8 Å². The molecule has 0 radical (unpaired) electrons. The van der Waals surface area contributed by atoms with Gasteiger partial charge in [0.1, 0.15) is 12.4 Å². The van der Waals surface area contributed by atoms with Crippen LogP contribution in [0, 0.1) is 0 Å². The van der Waals surface area contributed by atoms with Gasteiger partial charge < -0.3 is 20.0 Å². The highest BCUT2D eigenvalue weighted by atomic mass is 79.9.